The van der Waals surface area contributed by atoms with Gasteiger partial charge in [-0.1, -0.05) is 34.8 Å². The summed E-state index contributed by atoms with van der Waals surface area (Å²) in [6, 6.07) is 0. The van der Waals surface area contributed by atoms with Gasteiger partial charge < -0.3 is 0 Å². The molecule has 0 aromatic heterocycles. The van der Waals surface area contributed by atoms with E-state index in [2.05, 4.69) is 0 Å². The summed E-state index contributed by atoms with van der Waals surface area (Å²) < 4.78 is 13.7. The van der Waals surface area contributed by atoms with Crippen molar-refractivity contribution in [3.05, 3.63) is 0 Å². The van der Waals surface area contributed by atoms with Gasteiger partial charge in [-0.05, 0) is 14.1 Å². The van der Waals surface area contributed by atoms with Gasteiger partial charge in [0, 0.05) is 13.1 Å². The predicted molar refractivity (Wildman–Crippen MR) is 53.2 cm³/mol. The fraction of sp³-hybridized carbons (Fsp3) is 1.00. The molecule has 1 heterocycles. The molecule has 1 saturated heterocycles. The van der Waals surface area contributed by atoms with Crippen LogP contribution in [0.5, 0.6) is 0 Å². The molecule has 0 unspecified atom stereocenters. The van der Waals surface area contributed by atoms with Crippen molar-refractivity contribution in [2.75, 3.05) is 27.2 Å². The summed E-state index contributed by atoms with van der Waals surface area (Å²) in [5, 5.41) is 0. The molecule has 0 amide bonds. The maximum Gasteiger partial charge on any atom is 0.269 e. The number of alkyl halides is 3. The van der Waals surface area contributed by atoms with E-state index in [0.29, 0.717) is 13.1 Å². The number of halogens is 3. The van der Waals surface area contributed by atoms with Gasteiger partial charge in [0.05, 0.1) is 0 Å². The van der Waals surface area contributed by atoms with Crippen molar-refractivity contribution in [2.45, 2.75) is 3.53 Å². The first-order chi connectivity index (χ1) is 5.30. The Morgan fingerprint density at radius 1 is 1.17 bits per heavy atom. The zero-order valence-corrected chi connectivity index (χ0v) is 9.96. The van der Waals surface area contributed by atoms with Crippen LogP contribution in [0.3, 0.4) is 0 Å². The summed E-state index contributed by atoms with van der Waals surface area (Å²) in [5.41, 5.74) is 0. The van der Waals surface area contributed by atoms with Crippen LogP contribution in [-0.4, -0.2) is 40.1 Å². The quantitative estimate of drug-likeness (QED) is 0.488. The lowest BCUT2D eigenvalue weighted by Gasteiger charge is -2.30. The molecule has 0 spiro atoms. The van der Waals surface area contributed by atoms with E-state index >= 15 is 0 Å². The van der Waals surface area contributed by atoms with Crippen LogP contribution < -0.4 is 0 Å². The second-order valence-electron chi connectivity index (χ2n) is 2.77. The van der Waals surface area contributed by atoms with Gasteiger partial charge in [-0.2, -0.15) is 0 Å². The van der Waals surface area contributed by atoms with Crippen molar-refractivity contribution in [1.29, 1.82) is 0 Å². The van der Waals surface area contributed by atoms with Crippen LogP contribution >= 0.6 is 42.2 Å². The van der Waals surface area contributed by atoms with Gasteiger partial charge in [0.1, 0.15) is 0 Å². The fourth-order valence-corrected chi connectivity index (χ4v) is 5.55. The number of hydrogen-bond donors (Lipinski definition) is 0. The largest absolute Gasteiger partial charge is 0.284 e. The van der Waals surface area contributed by atoms with Gasteiger partial charge in [0.15, 0.2) is 0 Å². The van der Waals surface area contributed by atoms with E-state index in [4.69, 9.17) is 34.8 Å². The van der Waals surface area contributed by atoms with Gasteiger partial charge in [-0.25, -0.2) is 9.34 Å². The highest BCUT2D eigenvalue weighted by Gasteiger charge is 2.53. The maximum atomic E-state index is 12.2. The SMILES string of the molecule is CN1CCN(C)P1(=O)C(Cl)(Cl)Cl. The number of likely N-dealkylation sites (N-methyl/N-ethyl adjacent to an activating group) is 2. The van der Waals surface area contributed by atoms with E-state index in [1.54, 1.807) is 23.4 Å². The molecule has 1 aliphatic heterocycles. The Hall–Kier alpha value is 1.02. The fourth-order valence-electron chi connectivity index (χ4n) is 1.21. The number of nitrogens with zero attached hydrogens (tertiary/aromatic N) is 2. The lowest BCUT2D eigenvalue weighted by Crippen LogP contribution is -2.23. The second-order valence-corrected chi connectivity index (χ2v) is 8.97. The molecule has 0 atom stereocenters. The normalized spacial score (nSPS) is 26.4. The summed E-state index contributed by atoms with van der Waals surface area (Å²) in [6.07, 6.45) is 0. The molecule has 0 saturated carbocycles. The van der Waals surface area contributed by atoms with Gasteiger partial charge >= 0.3 is 0 Å². The summed E-state index contributed by atoms with van der Waals surface area (Å²) >= 11 is 17.0. The molecule has 1 fully saturated rings. The van der Waals surface area contributed by atoms with E-state index in [0.717, 1.165) is 0 Å². The molecule has 3 nitrogen and oxygen atoms in total. The van der Waals surface area contributed by atoms with Gasteiger partial charge in [0.25, 0.3) is 11.0 Å². The van der Waals surface area contributed by atoms with Gasteiger partial charge in [0.2, 0.25) is 0 Å². The topological polar surface area (TPSA) is 23.6 Å². The number of rotatable bonds is 0. The Morgan fingerprint density at radius 3 is 1.67 bits per heavy atom. The van der Waals surface area contributed by atoms with E-state index < -0.39 is 11.0 Å². The molecule has 0 aromatic carbocycles. The van der Waals surface area contributed by atoms with Crippen LogP contribution in [0, 0.1) is 0 Å². The molecular formula is C5H10Cl3N2OP. The third kappa shape index (κ3) is 1.52. The van der Waals surface area contributed by atoms with Crippen LogP contribution in [0.1, 0.15) is 0 Å². The highest BCUT2D eigenvalue weighted by Crippen LogP contribution is 2.70. The molecule has 72 valence electrons. The Bertz CT molecular complexity index is 215. The number of hydrogen-bond acceptors (Lipinski definition) is 1. The van der Waals surface area contributed by atoms with Gasteiger partial charge in [-0.3, -0.25) is 4.57 Å². The van der Waals surface area contributed by atoms with E-state index in [1.807, 2.05) is 0 Å². The maximum absolute atomic E-state index is 12.2. The van der Waals surface area contributed by atoms with Crippen molar-refractivity contribution in [2.24, 2.45) is 0 Å². The third-order valence-electron chi connectivity index (χ3n) is 2.00. The lowest BCUT2D eigenvalue weighted by atomic mass is 10.6. The highest BCUT2D eigenvalue weighted by molar-refractivity contribution is 7.67. The van der Waals surface area contributed by atoms with Gasteiger partial charge in [-0.15, -0.1) is 0 Å². The molecule has 0 radical (unpaired) electrons. The van der Waals surface area contributed by atoms with Crippen molar-refractivity contribution >= 4 is 42.2 Å². The standard InChI is InChI=1S/C5H10Cl3N2OP/c1-9-3-4-10(2)12(9,11)5(6,7)8/h3-4H2,1-2H3. The molecular weight excluding hydrogens is 241 g/mol. The molecule has 0 aromatic rings. The zero-order chi connectivity index (χ0) is 9.57. The molecule has 0 bridgehead atoms. The average Bonchev–Trinajstić information content (AvgIpc) is 2.16. The summed E-state index contributed by atoms with van der Waals surface area (Å²) in [6.45, 7) is 1.34. The minimum Gasteiger partial charge on any atom is -0.284 e. The summed E-state index contributed by atoms with van der Waals surface area (Å²) in [4.78, 5) is 0. The Morgan fingerprint density at radius 2 is 1.50 bits per heavy atom. The lowest BCUT2D eigenvalue weighted by molar-refractivity contribution is 0.489. The minimum atomic E-state index is -2.97. The van der Waals surface area contributed by atoms with Crippen LogP contribution in [-0.2, 0) is 4.57 Å². The monoisotopic (exact) mass is 250 g/mol. The van der Waals surface area contributed by atoms with Crippen molar-refractivity contribution in [1.82, 2.24) is 9.34 Å². The minimum absolute atomic E-state index is 0.668. The molecule has 12 heavy (non-hydrogen) atoms. The Kier molecular flexibility index (Phi) is 3.06. The Labute approximate surface area is 87.0 Å². The van der Waals surface area contributed by atoms with E-state index in [9.17, 15) is 4.57 Å². The second kappa shape index (κ2) is 3.30. The molecule has 7 heteroatoms. The highest BCUT2D eigenvalue weighted by atomic mass is 35.6. The Balaban J connectivity index is 3.04. The predicted octanol–water partition coefficient (Wildman–Crippen LogP) is 2.38. The van der Waals surface area contributed by atoms with Crippen molar-refractivity contribution in [3.8, 4) is 0 Å². The summed E-state index contributed by atoms with van der Waals surface area (Å²) in [7, 11) is 0.428. The van der Waals surface area contributed by atoms with Crippen LogP contribution in [0.4, 0.5) is 0 Å². The first-order valence-corrected chi connectivity index (χ1v) is 6.15. The molecule has 1 aliphatic rings. The van der Waals surface area contributed by atoms with Crippen LogP contribution in [0.15, 0.2) is 0 Å². The van der Waals surface area contributed by atoms with E-state index in [1.165, 1.54) is 0 Å². The molecule has 0 aliphatic carbocycles. The van der Waals surface area contributed by atoms with Crippen LogP contribution in [0.25, 0.3) is 0 Å². The first-order valence-electron chi connectivity index (χ1n) is 3.40. The van der Waals surface area contributed by atoms with Crippen molar-refractivity contribution in [3.63, 3.8) is 0 Å². The zero-order valence-electron chi connectivity index (χ0n) is 6.80. The smallest absolute Gasteiger partial charge is 0.269 e. The van der Waals surface area contributed by atoms with Crippen LogP contribution in [0.2, 0.25) is 0 Å². The third-order valence-corrected chi connectivity index (χ3v) is 6.90. The van der Waals surface area contributed by atoms with Crippen molar-refractivity contribution < 1.29 is 4.57 Å². The average molecular weight is 251 g/mol. The molecule has 0 N–H and O–H groups in total. The molecule has 1 rings (SSSR count). The summed E-state index contributed by atoms with van der Waals surface area (Å²) in [5.74, 6) is 0. The van der Waals surface area contributed by atoms with E-state index in [-0.39, 0.29) is 0 Å². The first kappa shape index (κ1) is 11.1.